The summed E-state index contributed by atoms with van der Waals surface area (Å²) in [4.78, 5) is 4.63. The van der Waals surface area contributed by atoms with Crippen molar-refractivity contribution in [2.75, 3.05) is 5.32 Å². The Kier molecular flexibility index (Phi) is 4.42. The molecule has 0 aliphatic carbocycles. The second-order valence-corrected chi connectivity index (χ2v) is 7.24. The fourth-order valence-corrected chi connectivity index (χ4v) is 3.47. The van der Waals surface area contributed by atoms with Gasteiger partial charge in [0.05, 0.1) is 10.6 Å². The van der Waals surface area contributed by atoms with Crippen LogP contribution in [0.1, 0.15) is 5.56 Å². The van der Waals surface area contributed by atoms with Crippen molar-refractivity contribution in [1.82, 2.24) is 9.38 Å². The molecule has 0 spiro atoms. The quantitative estimate of drug-likeness (QED) is 0.396. The first kappa shape index (κ1) is 17.1. The number of pyridine rings is 1. The molecule has 4 aromatic rings. The van der Waals surface area contributed by atoms with E-state index in [0.717, 1.165) is 15.7 Å². The van der Waals surface area contributed by atoms with Crippen LogP contribution in [0.15, 0.2) is 65.3 Å². The Bertz CT molecular complexity index is 1100. The molecule has 0 aliphatic heterocycles. The van der Waals surface area contributed by atoms with Gasteiger partial charge < -0.3 is 5.32 Å². The minimum atomic E-state index is -0.409. The van der Waals surface area contributed by atoms with Crippen molar-refractivity contribution in [3.8, 4) is 11.3 Å². The smallest absolute Gasteiger partial charge is 0.143 e. The lowest BCUT2D eigenvalue weighted by molar-refractivity contribution is 0.631. The number of nitrogens with zero attached hydrogens (tertiary/aromatic N) is 2. The Hall–Kier alpha value is -2.37. The summed E-state index contributed by atoms with van der Waals surface area (Å²) < 4.78 is 17.3. The fourth-order valence-electron chi connectivity index (χ4n) is 2.88. The predicted molar refractivity (Wildman–Crippen MR) is 108 cm³/mol. The van der Waals surface area contributed by atoms with Gasteiger partial charge in [-0.1, -0.05) is 35.9 Å². The molecule has 0 unspecified atom stereocenters. The lowest BCUT2D eigenvalue weighted by atomic mass is 10.1. The summed E-state index contributed by atoms with van der Waals surface area (Å²) in [6.45, 7) is 2.01. The van der Waals surface area contributed by atoms with Crippen LogP contribution in [0.5, 0.6) is 0 Å². The zero-order valence-electron chi connectivity index (χ0n) is 13.8. The highest BCUT2D eigenvalue weighted by atomic mass is 79.9. The average Bonchev–Trinajstić information content (AvgIpc) is 2.94. The third kappa shape index (κ3) is 2.97. The minimum absolute atomic E-state index is 0.282. The van der Waals surface area contributed by atoms with Crippen LogP contribution in [-0.2, 0) is 0 Å². The van der Waals surface area contributed by atoms with Gasteiger partial charge >= 0.3 is 0 Å². The van der Waals surface area contributed by atoms with Crippen molar-refractivity contribution in [2.45, 2.75) is 6.92 Å². The van der Waals surface area contributed by atoms with E-state index in [1.807, 2.05) is 53.9 Å². The van der Waals surface area contributed by atoms with E-state index >= 15 is 0 Å². The first-order valence-electron chi connectivity index (χ1n) is 7.99. The third-order valence-electron chi connectivity index (χ3n) is 4.18. The van der Waals surface area contributed by atoms with E-state index in [1.54, 1.807) is 12.1 Å². The Balaban J connectivity index is 2.00. The fraction of sp³-hybridized carbons (Fsp3) is 0.0500. The number of rotatable bonds is 3. The first-order valence-corrected chi connectivity index (χ1v) is 9.16. The van der Waals surface area contributed by atoms with Crippen molar-refractivity contribution < 1.29 is 4.39 Å². The lowest BCUT2D eigenvalue weighted by Crippen LogP contribution is -1.99. The highest BCUT2D eigenvalue weighted by molar-refractivity contribution is 9.10. The maximum atomic E-state index is 14.6. The summed E-state index contributed by atoms with van der Waals surface area (Å²) in [6.07, 6.45) is 1.89. The molecule has 1 N–H and O–H groups in total. The zero-order valence-corrected chi connectivity index (χ0v) is 16.1. The highest BCUT2D eigenvalue weighted by Gasteiger charge is 2.20. The van der Waals surface area contributed by atoms with Gasteiger partial charge in [0.15, 0.2) is 0 Å². The Labute approximate surface area is 163 Å². The Morgan fingerprint density at radius 2 is 1.88 bits per heavy atom. The molecular formula is C20H14BrClFN3. The molecule has 0 atom stereocenters. The Morgan fingerprint density at radius 3 is 2.65 bits per heavy atom. The zero-order chi connectivity index (χ0) is 18.3. The number of benzene rings is 2. The summed E-state index contributed by atoms with van der Waals surface area (Å²) >= 11 is 9.79. The van der Waals surface area contributed by atoms with Gasteiger partial charge in [-0.2, -0.15) is 0 Å². The van der Waals surface area contributed by atoms with Crippen molar-refractivity contribution >= 4 is 44.7 Å². The number of hydrogen-bond acceptors (Lipinski definition) is 2. The number of para-hydroxylation sites is 1. The predicted octanol–water partition coefficient (Wildman–Crippen LogP) is 6.61. The first-order chi connectivity index (χ1) is 12.5. The van der Waals surface area contributed by atoms with Crippen LogP contribution in [0, 0.1) is 12.7 Å². The second-order valence-electron chi connectivity index (χ2n) is 5.92. The molecule has 130 valence electrons. The number of fused-ring (bicyclic) bond motifs is 1. The van der Waals surface area contributed by atoms with Gasteiger partial charge in [0.25, 0.3) is 0 Å². The number of aromatic nitrogens is 2. The van der Waals surface area contributed by atoms with E-state index in [4.69, 9.17) is 11.6 Å². The molecule has 3 nitrogen and oxygen atoms in total. The van der Waals surface area contributed by atoms with Crippen molar-refractivity contribution in [3.05, 3.63) is 81.7 Å². The van der Waals surface area contributed by atoms with Gasteiger partial charge in [0.2, 0.25) is 0 Å². The molecule has 0 radical (unpaired) electrons. The van der Waals surface area contributed by atoms with E-state index in [1.165, 1.54) is 6.07 Å². The van der Waals surface area contributed by atoms with Crippen molar-refractivity contribution in [3.63, 3.8) is 0 Å². The summed E-state index contributed by atoms with van der Waals surface area (Å²) in [7, 11) is 0. The highest BCUT2D eigenvalue weighted by Crippen LogP contribution is 2.37. The number of aryl methyl sites for hydroxylation is 1. The molecule has 2 aromatic heterocycles. The van der Waals surface area contributed by atoms with Crippen LogP contribution in [0.3, 0.4) is 0 Å². The summed E-state index contributed by atoms with van der Waals surface area (Å²) in [5.74, 6) is 0.246. The molecule has 0 saturated heterocycles. The van der Waals surface area contributed by atoms with Crippen molar-refractivity contribution in [1.29, 1.82) is 0 Å². The molecule has 0 bridgehead atoms. The van der Waals surface area contributed by atoms with E-state index < -0.39 is 5.82 Å². The van der Waals surface area contributed by atoms with Gasteiger partial charge in [-0.25, -0.2) is 9.37 Å². The van der Waals surface area contributed by atoms with E-state index in [2.05, 4.69) is 26.2 Å². The van der Waals surface area contributed by atoms with Gasteiger partial charge in [-0.15, -0.1) is 0 Å². The number of hydrogen-bond donors (Lipinski definition) is 1. The largest absolute Gasteiger partial charge is 0.339 e. The number of imidazole rings is 1. The topological polar surface area (TPSA) is 29.3 Å². The van der Waals surface area contributed by atoms with Crippen LogP contribution in [0.2, 0.25) is 5.02 Å². The molecule has 6 heteroatoms. The van der Waals surface area contributed by atoms with Gasteiger partial charge in [0, 0.05) is 16.4 Å². The standard InChI is InChI=1S/C20H14BrClFN3/c1-12-5-2-3-8-16(12)24-20-19(18-14(22)6-4-7-15(18)23)25-17-10-9-13(21)11-26(17)20/h2-11,24H,1H3. The minimum Gasteiger partial charge on any atom is -0.339 e. The summed E-state index contributed by atoms with van der Waals surface area (Å²) in [5, 5.41) is 3.72. The monoisotopic (exact) mass is 429 g/mol. The van der Waals surface area contributed by atoms with Crippen LogP contribution >= 0.6 is 27.5 Å². The SMILES string of the molecule is Cc1ccccc1Nc1c(-c2c(F)cccc2Cl)nc2ccc(Br)cn12. The Morgan fingerprint density at radius 1 is 1.08 bits per heavy atom. The average molecular weight is 431 g/mol. The molecular weight excluding hydrogens is 417 g/mol. The molecule has 0 amide bonds. The van der Waals surface area contributed by atoms with Crippen molar-refractivity contribution in [2.24, 2.45) is 0 Å². The number of anilines is 2. The second kappa shape index (κ2) is 6.74. The lowest BCUT2D eigenvalue weighted by Gasteiger charge is -2.12. The normalized spacial score (nSPS) is 11.1. The van der Waals surface area contributed by atoms with Gasteiger partial charge in [0.1, 0.15) is 23.0 Å². The maximum absolute atomic E-state index is 14.6. The molecule has 0 fully saturated rings. The van der Waals surface area contributed by atoms with Crippen LogP contribution in [0.25, 0.3) is 16.9 Å². The van der Waals surface area contributed by atoms with Crippen LogP contribution in [-0.4, -0.2) is 9.38 Å². The molecule has 2 heterocycles. The van der Waals surface area contributed by atoms with Crippen LogP contribution in [0.4, 0.5) is 15.9 Å². The summed E-state index contributed by atoms with van der Waals surface area (Å²) in [6, 6.07) is 16.3. The third-order valence-corrected chi connectivity index (χ3v) is 4.96. The maximum Gasteiger partial charge on any atom is 0.143 e. The molecule has 2 aromatic carbocycles. The van der Waals surface area contributed by atoms with Gasteiger partial charge in [-0.05, 0) is 58.7 Å². The molecule has 4 rings (SSSR count). The molecule has 0 aliphatic rings. The van der Waals surface area contributed by atoms with E-state index in [0.29, 0.717) is 22.2 Å². The molecule has 0 saturated carbocycles. The number of nitrogens with one attached hydrogen (secondary N) is 1. The van der Waals surface area contributed by atoms with E-state index in [9.17, 15) is 4.39 Å². The summed E-state index contributed by atoms with van der Waals surface area (Å²) in [5.41, 5.74) is 3.43. The van der Waals surface area contributed by atoms with Gasteiger partial charge in [-0.3, -0.25) is 4.40 Å². The molecule has 26 heavy (non-hydrogen) atoms. The van der Waals surface area contributed by atoms with Crippen LogP contribution < -0.4 is 5.32 Å². The number of halogens is 3. The van der Waals surface area contributed by atoms with E-state index in [-0.39, 0.29) is 5.56 Å².